The number of nitrogens with zero attached hydrogens (tertiary/aromatic N) is 3. The van der Waals surface area contributed by atoms with Crippen molar-refractivity contribution in [3.63, 3.8) is 0 Å². The van der Waals surface area contributed by atoms with Crippen LogP contribution in [-0.4, -0.2) is 57.2 Å². The molecule has 13 heteroatoms. The molecule has 2 aromatic carbocycles. The Morgan fingerprint density at radius 1 is 1.07 bits per heavy atom. The second kappa shape index (κ2) is 14.4. The first kappa shape index (κ1) is 31.8. The fraction of sp³-hybridized carbons (Fsp3) is 0.323. The molecule has 0 amide bonds. The normalized spacial score (nSPS) is 14.2. The summed E-state index contributed by atoms with van der Waals surface area (Å²) in [5.74, 6) is 0.129. The molecule has 1 aliphatic rings. The summed E-state index contributed by atoms with van der Waals surface area (Å²) in [5, 5.41) is 9.06. The van der Waals surface area contributed by atoms with Crippen LogP contribution in [0.3, 0.4) is 0 Å². The number of carbonyl (C=O) groups is 2. The third-order valence-corrected chi connectivity index (χ3v) is 7.45. The van der Waals surface area contributed by atoms with Crippen molar-refractivity contribution in [3.8, 4) is 29.1 Å². The molecule has 1 atom stereocenters. The zero-order valence-corrected chi connectivity index (χ0v) is 25.7. The van der Waals surface area contributed by atoms with Gasteiger partial charge in [-0.3, -0.25) is 9.36 Å². The highest BCUT2D eigenvalue weighted by Crippen LogP contribution is 2.37. The Labute approximate surface area is 257 Å². The molecular formula is C31H31N3O9S. The van der Waals surface area contributed by atoms with Crippen LogP contribution < -0.4 is 33.8 Å². The van der Waals surface area contributed by atoms with Gasteiger partial charge in [-0.2, -0.15) is 5.26 Å². The summed E-state index contributed by atoms with van der Waals surface area (Å²) < 4.78 is 34.2. The van der Waals surface area contributed by atoms with Gasteiger partial charge >= 0.3 is 11.9 Å². The number of para-hydroxylation sites is 1. The molecule has 230 valence electrons. The van der Waals surface area contributed by atoms with Gasteiger partial charge in [-0.15, -0.1) is 0 Å². The number of rotatable bonds is 12. The van der Waals surface area contributed by atoms with Crippen LogP contribution in [0.2, 0.25) is 0 Å². The van der Waals surface area contributed by atoms with E-state index in [1.54, 1.807) is 63.2 Å². The van der Waals surface area contributed by atoms with Crippen molar-refractivity contribution in [3.05, 3.63) is 78.5 Å². The first-order valence-electron chi connectivity index (χ1n) is 13.6. The zero-order valence-electron chi connectivity index (χ0n) is 24.9. The molecule has 0 aliphatic carbocycles. The summed E-state index contributed by atoms with van der Waals surface area (Å²) in [6.07, 6.45) is 1.63. The SMILES string of the molecule is CCOC(=O)C1=C(C)N=c2s/c(=C/c3cccc(OC)c3OCC#N)c(=O)n2[C@H]1c1ccc(OCC(=O)OC)c(OCC)c1. The van der Waals surface area contributed by atoms with Gasteiger partial charge in [0.15, 0.2) is 41.0 Å². The number of thiazole rings is 1. The second-order valence-electron chi connectivity index (χ2n) is 9.13. The summed E-state index contributed by atoms with van der Waals surface area (Å²) in [4.78, 5) is 44.0. The maximum absolute atomic E-state index is 14.1. The number of allylic oxidation sites excluding steroid dienone is 1. The minimum absolute atomic E-state index is 0.124. The summed E-state index contributed by atoms with van der Waals surface area (Å²) in [5.41, 5.74) is 1.23. The summed E-state index contributed by atoms with van der Waals surface area (Å²) in [7, 11) is 2.74. The maximum Gasteiger partial charge on any atom is 0.343 e. The quantitative estimate of drug-likeness (QED) is 0.277. The van der Waals surface area contributed by atoms with E-state index in [2.05, 4.69) is 9.73 Å². The number of nitriles is 1. The third-order valence-electron chi connectivity index (χ3n) is 6.47. The van der Waals surface area contributed by atoms with Gasteiger partial charge in [0.1, 0.15) is 6.07 Å². The molecule has 0 spiro atoms. The highest BCUT2D eigenvalue weighted by atomic mass is 32.1. The van der Waals surface area contributed by atoms with Crippen molar-refractivity contribution >= 4 is 29.4 Å². The van der Waals surface area contributed by atoms with Crippen molar-refractivity contribution in [1.82, 2.24) is 4.57 Å². The molecule has 0 fully saturated rings. The van der Waals surface area contributed by atoms with Crippen LogP contribution >= 0.6 is 11.3 Å². The smallest absolute Gasteiger partial charge is 0.343 e. The van der Waals surface area contributed by atoms with Crippen LogP contribution in [-0.2, 0) is 19.1 Å². The number of fused-ring (bicyclic) bond motifs is 1. The number of methoxy groups -OCH3 is 2. The zero-order chi connectivity index (χ0) is 31.8. The monoisotopic (exact) mass is 621 g/mol. The Kier molecular flexibility index (Phi) is 10.4. The van der Waals surface area contributed by atoms with E-state index in [9.17, 15) is 14.4 Å². The molecule has 44 heavy (non-hydrogen) atoms. The third kappa shape index (κ3) is 6.60. The largest absolute Gasteiger partial charge is 0.493 e. The van der Waals surface area contributed by atoms with Gasteiger partial charge in [0, 0.05) is 5.56 Å². The highest BCUT2D eigenvalue weighted by Gasteiger charge is 2.34. The molecule has 0 radical (unpaired) electrons. The van der Waals surface area contributed by atoms with Crippen molar-refractivity contribution in [2.24, 2.45) is 4.99 Å². The first-order chi connectivity index (χ1) is 21.3. The fourth-order valence-electron chi connectivity index (χ4n) is 4.59. The number of hydrogen-bond donors (Lipinski definition) is 0. The predicted octanol–water partition coefficient (Wildman–Crippen LogP) is 2.66. The van der Waals surface area contributed by atoms with Gasteiger partial charge in [-0.1, -0.05) is 29.5 Å². The number of aromatic nitrogens is 1. The van der Waals surface area contributed by atoms with E-state index < -0.39 is 23.5 Å². The van der Waals surface area contributed by atoms with Gasteiger partial charge in [-0.05, 0) is 50.6 Å². The molecule has 3 aromatic rings. The Morgan fingerprint density at radius 2 is 1.86 bits per heavy atom. The number of ether oxygens (including phenoxy) is 6. The first-order valence-corrected chi connectivity index (χ1v) is 14.4. The Balaban J connectivity index is 1.92. The standard InChI is InChI=1S/C31H31N3O9S/c1-6-40-23-15-19(11-12-21(23)43-17-25(35)39-5)27-26(30(37)41-7-2)18(3)33-31-34(27)29(36)24(44-31)16-20-9-8-10-22(38-4)28(20)42-14-13-32/h8-12,15-16,27H,6-7,14,17H2,1-5H3/b24-16+/t27-/m0/s1. The van der Waals surface area contributed by atoms with Gasteiger partial charge < -0.3 is 28.4 Å². The van der Waals surface area contributed by atoms with Crippen molar-refractivity contribution in [1.29, 1.82) is 5.26 Å². The average molecular weight is 622 g/mol. The van der Waals surface area contributed by atoms with Crippen LogP contribution in [0, 0.1) is 11.3 Å². The van der Waals surface area contributed by atoms with E-state index in [1.165, 1.54) is 18.8 Å². The predicted molar refractivity (Wildman–Crippen MR) is 160 cm³/mol. The minimum atomic E-state index is -0.916. The minimum Gasteiger partial charge on any atom is -0.493 e. The van der Waals surface area contributed by atoms with Crippen LogP contribution in [0.4, 0.5) is 0 Å². The van der Waals surface area contributed by atoms with Crippen LogP contribution in [0.1, 0.15) is 37.9 Å². The lowest BCUT2D eigenvalue weighted by Gasteiger charge is -2.25. The van der Waals surface area contributed by atoms with Gasteiger partial charge in [-0.25, -0.2) is 14.6 Å². The molecule has 1 aliphatic heterocycles. The van der Waals surface area contributed by atoms with Gasteiger partial charge in [0.25, 0.3) is 5.56 Å². The van der Waals surface area contributed by atoms with E-state index in [0.29, 0.717) is 43.4 Å². The maximum atomic E-state index is 14.1. The lowest BCUT2D eigenvalue weighted by Crippen LogP contribution is -2.40. The molecule has 0 unspecified atom stereocenters. The molecule has 0 bridgehead atoms. The number of carbonyl (C=O) groups excluding carboxylic acids is 2. The molecule has 12 nitrogen and oxygen atoms in total. The van der Waals surface area contributed by atoms with E-state index >= 15 is 0 Å². The van der Waals surface area contributed by atoms with E-state index in [0.717, 1.165) is 11.3 Å². The van der Waals surface area contributed by atoms with Crippen molar-refractivity contribution < 1.29 is 38.0 Å². The van der Waals surface area contributed by atoms with E-state index in [1.807, 2.05) is 6.07 Å². The van der Waals surface area contributed by atoms with E-state index in [4.69, 9.17) is 28.9 Å². The van der Waals surface area contributed by atoms with Crippen molar-refractivity contribution in [2.75, 3.05) is 40.6 Å². The van der Waals surface area contributed by atoms with Crippen LogP contribution in [0.25, 0.3) is 6.08 Å². The Hall–Kier alpha value is -5.09. The Bertz CT molecular complexity index is 1820. The van der Waals surface area contributed by atoms with E-state index in [-0.39, 0.29) is 37.8 Å². The highest BCUT2D eigenvalue weighted by molar-refractivity contribution is 7.07. The fourth-order valence-corrected chi connectivity index (χ4v) is 5.63. The number of benzene rings is 2. The van der Waals surface area contributed by atoms with Crippen LogP contribution in [0.15, 0.2) is 57.5 Å². The molecule has 1 aromatic heterocycles. The molecule has 0 saturated heterocycles. The van der Waals surface area contributed by atoms with Gasteiger partial charge in [0.05, 0.1) is 49.3 Å². The average Bonchev–Trinajstić information content (AvgIpc) is 3.32. The molecule has 0 N–H and O–H groups in total. The Morgan fingerprint density at radius 3 is 2.55 bits per heavy atom. The van der Waals surface area contributed by atoms with Gasteiger partial charge in [0.2, 0.25) is 0 Å². The summed E-state index contributed by atoms with van der Waals surface area (Å²) >= 11 is 1.14. The van der Waals surface area contributed by atoms with Crippen molar-refractivity contribution in [2.45, 2.75) is 26.8 Å². The van der Waals surface area contributed by atoms with Crippen LogP contribution in [0.5, 0.6) is 23.0 Å². The molecular weight excluding hydrogens is 590 g/mol. The lowest BCUT2D eigenvalue weighted by molar-refractivity contribution is -0.143. The molecule has 0 saturated carbocycles. The summed E-state index contributed by atoms with van der Waals surface area (Å²) in [6.45, 7) is 5.04. The molecule has 4 rings (SSSR count). The number of esters is 2. The topological polar surface area (TPSA) is 148 Å². The summed E-state index contributed by atoms with van der Waals surface area (Å²) in [6, 6.07) is 11.1. The lowest BCUT2D eigenvalue weighted by atomic mass is 9.95. The molecule has 2 heterocycles. The second-order valence-corrected chi connectivity index (χ2v) is 10.1. The number of hydrogen-bond acceptors (Lipinski definition) is 12.